The van der Waals surface area contributed by atoms with E-state index in [1.54, 1.807) is 0 Å². The SMILES string of the molecule is CCC[C@H]1CN(CC(C)(C)N)C[C@@H]1NC(=O)C(C)(C)C. The van der Waals surface area contributed by atoms with Crippen LogP contribution < -0.4 is 11.1 Å². The molecule has 0 radical (unpaired) electrons. The Morgan fingerprint density at radius 1 is 1.25 bits per heavy atom. The van der Waals surface area contributed by atoms with E-state index < -0.39 is 0 Å². The number of carbonyl (C=O) groups excluding carboxylic acids is 1. The third-order valence-electron chi connectivity index (χ3n) is 3.80. The zero-order valence-corrected chi connectivity index (χ0v) is 14.1. The fraction of sp³-hybridized carbons (Fsp3) is 0.938. The summed E-state index contributed by atoms with van der Waals surface area (Å²) in [5.41, 5.74) is 5.62. The maximum Gasteiger partial charge on any atom is 0.225 e. The monoisotopic (exact) mass is 283 g/mol. The molecule has 1 heterocycles. The third-order valence-corrected chi connectivity index (χ3v) is 3.80. The number of nitrogens with two attached hydrogens (primary N) is 1. The van der Waals surface area contributed by atoms with Crippen LogP contribution >= 0.6 is 0 Å². The van der Waals surface area contributed by atoms with Crippen molar-refractivity contribution in [3.05, 3.63) is 0 Å². The van der Waals surface area contributed by atoms with Crippen molar-refractivity contribution in [3.8, 4) is 0 Å². The molecule has 0 aliphatic carbocycles. The van der Waals surface area contributed by atoms with Gasteiger partial charge < -0.3 is 11.1 Å². The highest BCUT2D eigenvalue weighted by molar-refractivity contribution is 5.81. The van der Waals surface area contributed by atoms with Crippen LogP contribution in [0.1, 0.15) is 54.4 Å². The predicted octanol–water partition coefficient (Wildman–Crippen LogP) is 1.99. The molecule has 1 aliphatic heterocycles. The molecule has 2 atom stereocenters. The zero-order valence-electron chi connectivity index (χ0n) is 14.1. The summed E-state index contributed by atoms with van der Waals surface area (Å²) in [4.78, 5) is 14.6. The van der Waals surface area contributed by atoms with E-state index in [2.05, 4.69) is 31.0 Å². The molecule has 0 saturated carbocycles. The normalized spacial score (nSPS) is 24.9. The summed E-state index contributed by atoms with van der Waals surface area (Å²) in [6.07, 6.45) is 2.32. The molecule has 0 aromatic carbocycles. The van der Waals surface area contributed by atoms with Crippen molar-refractivity contribution in [2.45, 2.75) is 66.0 Å². The lowest BCUT2D eigenvalue weighted by Crippen LogP contribution is -2.47. The van der Waals surface area contributed by atoms with Gasteiger partial charge in [-0.2, -0.15) is 0 Å². The number of hydrogen-bond acceptors (Lipinski definition) is 3. The molecule has 1 fully saturated rings. The van der Waals surface area contributed by atoms with Crippen LogP contribution in [0.5, 0.6) is 0 Å². The summed E-state index contributed by atoms with van der Waals surface area (Å²) < 4.78 is 0. The highest BCUT2D eigenvalue weighted by Crippen LogP contribution is 2.24. The molecule has 0 bridgehead atoms. The van der Waals surface area contributed by atoms with Crippen LogP contribution in [-0.4, -0.2) is 42.0 Å². The first-order valence-corrected chi connectivity index (χ1v) is 7.85. The largest absolute Gasteiger partial charge is 0.351 e. The first-order valence-electron chi connectivity index (χ1n) is 7.85. The minimum atomic E-state index is -0.322. The molecule has 4 heteroatoms. The fourth-order valence-corrected chi connectivity index (χ4v) is 2.88. The zero-order chi connectivity index (χ0) is 15.6. The standard InChI is InChI=1S/C16H33N3O/c1-7-8-12-9-19(11-16(5,6)17)10-13(12)18-14(20)15(2,3)4/h12-13H,7-11,17H2,1-6H3,(H,18,20)/t12-,13-/m0/s1. The number of nitrogens with one attached hydrogen (secondary N) is 1. The summed E-state index contributed by atoms with van der Waals surface area (Å²) in [5, 5.41) is 3.25. The van der Waals surface area contributed by atoms with Gasteiger partial charge >= 0.3 is 0 Å². The van der Waals surface area contributed by atoms with Crippen LogP contribution in [0.15, 0.2) is 0 Å². The minimum absolute atomic E-state index is 0.150. The van der Waals surface area contributed by atoms with E-state index in [0.717, 1.165) is 32.5 Å². The molecule has 20 heavy (non-hydrogen) atoms. The third kappa shape index (κ3) is 5.41. The van der Waals surface area contributed by atoms with Crippen molar-refractivity contribution in [1.29, 1.82) is 0 Å². The number of rotatable bonds is 5. The Hall–Kier alpha value is -0.610. The first kappa shape index (κ1) is 17.4. The molecule has 0 unspecified atom stereocenters. The van der Waals surface area contributed by atoms with Gasteiger partial charge in [0.25, 0.3) is 0 Å². The summed E-state index contributed by atoms with van der Waals surface area (Å²) in [6, 6.07) is 0.268. The Kier molecular flexibility index (Phi) is 5.61. The Morgan fingerprint density at radius 2 is 1.85 bits per heavy atom. The molecule has 1 amide bonds. The molecule has 0 aromatic rings. The molecule has 1 saturated heterocycles. The Morgan fingerprint density at radius 3 is 2.30 bits per heavy atom. The van der Waals surface area contributed by atoms with Gasteiger partial charge in [0.05, 0.1) is 0 Å². The Balaban J connectivity index is 2.65. The van der Waals surface area contributed by atoms with Crippen molar-refractivity contribution in [2.24, 2.45) is 17.1 Å². The molecule has 0 spiro atoms. The molecule has 1 aliphatic rings. The predicted molar refractivity (Wildman–Crippen MR) is 84.5 cm³/mol. The van der Waals surface area contributed by atoms with Crippen LogP contribution in [-0.2, 0) is 4.79 Å². The highest BCUT2D eigenvalue weighted by atomic mass is 16.2. The summed E-state index contributed by atoms with van der Waals surface area (Å²) in [7, 11) is 0. The maximum absolute atomic E-state index is 12.2. The molecular formula is C16H33N3O. The number of carbonyl (C=O) groups is 1. The van der Waals surface area contributed by atoms with Gasteiger partial charge in [0, 0.05) is 36.6 Å². The molecule has 1 rings (SSSR count). The van der Waals surface area contributed by atoms with Gasteiger partial charge in [-0.1, -0.05) is 34.1 Å². The van der Waals surface area contributed by atoms with Crippen LogP contribution in [0, 0.1) is 11.3 Å². The second kappa shape index (κ2) is 6.44. The lowest BCUT2D eigenvalue weighted by molar-refractivity contribution is -0.129. The summed E-state index contributed by atoms with van der Waals surface area (Å²) in [6.45, 7) is 15.1. The lowest BCUT2D eigenvalue weighted by atomic mass is 9.93. The van der Waals surface area contributed by atoms with E-state index in [1.165, 1.54) is 0 Å². The highest BCUT2D eigenvalue weighted by Gasteiger charge is 2.36. The number of amides is 1. The second-order valence-electron chi connectivity index (χ2n) is 8.06. The average Bonchev–Trinajstić information content (AvgIpc) is 2.56. The van der Waals surface area contributed by atoms with E-state index in [1.807, 2.05) is 20.8 Å². The van der Waals surface area contributed by atoms with E-state index in [0.29, 0.717) is 5.92 Å². The van der Waals surface area contributed by atoms with Crippen molar-refractivity contribution in [3.63, 3.8) is 0 Å². The van der Waals surface area contributed by atoms with Gasteiger partial charge in [0.1, 0.15) is 0 Å². The number of hydrogen-bond donors (Lipinski definition) is 2. The first-order chi connectivity index (χ1) is 9.03. The van der Waals surface area contributed by atoms with Gasteiger partial charge in [0.2, 0.25) is 5.91 Å². The molecular weight excluding hydrogens is 250 g/mol. The van der Waals surface area contributed by atoms with E-state index in [-0.39, 0.29) is 22.9 Å². The molecule has 4 nitrogen and oxygen atoms in total. The summed E-state index contributed by atoms with van der Waals surface area (Å²) in [5.74, 6) is 0.700. The fourth-order valence-electron chi connectivity index (χ4n) is 2.88. The number of nitrogens with zero attached hydrogens (tertiary/aromatic N) is 1. The smallest absolute Gasteiger partial charge is 0.225 e. The van der Waals surface area contributed by atoms with Crippen molar-refractivity contribution in [1.82, 2.24) is 10.2 Å². The molecule has 118 valence electrons. The van der Waals surface area contributed by atoms with Crippen LogP contribution in [0.3, 0.4) is 0 Å². The quantitative estimate of drug-likeness (QED) is 0.811. The van der Waals surface area contributed by atoms with Crippen molar-refractivity contribution in [2.75, 3.05) is 19.6 Å². The Labute approximate surface area is 124 Å². The van der Waals surface area contributed by atoms with Gasteiger partial charge in [-0.05, 0) is 26.2 Å². The lowest BCUT2D eigenvalue weighted by Gasteiger charge is -2.26. The van der Waals surface area contributed by atoms with Gasteiger partial charge in [-0.15, -0.1) is 0 Å². The maximum atomic E-state index is 12.2. The minimum Gasteiger partial charge on any atom is -0.351 e. The van der Waals surface area contributed by atoms with Gasteiger partial charge in [-0.25, -0.2) is 0 Å². The van der Waals surface area contributed by atoms with Crippen LogP contribution in [0.25, 0.3) is 0 Å². The van der Waals surface area contributed by atoms with Gasteiger partial charge in [-0.3, -0.25) is 9.69 Å². The molecule has 3 N–H and O–H groups in total. The summed E-state index contributed by atoms with van der Waals surface area (Å²) >= 11 is 0. The van der Waals surface area contributed by atoms with Crippen LogP contribution in [0.4, 0.5) is 0 Å². The van der Waals surface area contributed by atoms with E-state index in [4.69, 9.17) is 5.73 Å². The van der Waals surface area contributed by atoms with E-state index in [9.17, 15) is 4.79 Å². The molecule has 0 aromatic heterocycles. The van der Waals surface area contributed by atoms with Gasteiger partial charge in [0.15, 0.2) is 0 Å². The van der Waals surface area contributed by atoms with E-state index >= 15 is 0 Å². The number of likely N-dealkylation sites (tertiary alicyclic amines) is 1. The van der Waals surface area contributed by atoms with Crippen molar-refractivity contribution >= 4 is 5.91 Å². The van der Waals surface area contributed by atoms with Crippen molar-refractivity contribution < 1.29 is 4.79 Å². The second-order valence-corrected chi connectivity index (χ2v) is 8.06. The Bertz CT molecular complexity index is 328. The topological polar surface area (TPSA) is 58.4 Å². The average molecular weight is 283 g/mol. The van der Waals surface area contributed by atoms with Crippen LogP contribution in [0.2, 0.25) is 0 Å².